The van der Waals surface area contributed by atoms with E-state index in [0.29, 0.717) is 0 Å². The van der Waals surface area contributed by atoms with Gasteiger partial charge in [0, 0.05) is 39.2 Å². The lowest BCUT2D eigenvalue weighted by atomic mass is 10.1. The molecule has 0 saturated carbocycles. The van der Waals surface area contributed by atoms with Crippen molar-refractivity contribution in [3.63, 3.8) is 0 Å². The molecular weight excluding hydrogens is 404 g/mol. The third-order valence-electron chi connectivity index (χ3n) is 5.48. The first-order valence-electron chi connectivity index (χ1n) is 10.8. The summed E-state index contributed by atoms with van der Waals surface area (Å²) in [5.74, 6) is 0. The van der Waals surface area contributed by atoms with Crippen LogP contribution < -0.4 is 10.2 Å². The highest BCUT2D eigenvalue weighted by Gasteiger charge is 2.15. The zero-order valence-electron chi connectivity index (χ0n) is 18.2. The molecule has 3 nitrogen and oxygen atoms in total. The Morgan fingerprint density at radius 1 is 0.727 bits per heavy atom. The lowest BCUT2D eigenvalue weighted by molar-refractivity contribution is 0.669. The average molecular weight is 429 g/mol. The maximum Gasteiger partial charge on any atom is 0.135 e. The van der Waals surface area contributed by atoms with Crippen molar-refractivity contribution in [2.24, 2.45) is 0 Å². The van der Waals surface area contributed by atoms with Crippen molar-refractivity contribution in [3.8, 4) is 0 Å². The first-order valence-corrected chi connectivity index (χ1v) is 10.8. The van der Waals surface area contributed by atoms with E-state index < -0.39 is 0 Å². The van der Waals surface area contributed by atoms with Crippen molar-refractivity contribution >= 4 is 44.7 Å². The molecule has 0 fully saturated rings. The van der Waals surface area contributed by atoms with Gasteiger partial charge in [-0.25, -0.2) is 0 Å². The quantitative estimate of drug-likeness (QED) is 0.263. The van der Waals surface area contributed by atoms with E-state index in [0.717, 1.165) is 50.4 Å². The number of nitrogens with zero attached hydrogens (tertiary/aromatic N) is 1. The molecule has 0 bridgehead atoms. The highest BCUT2D eigenvalue weighted by atomic mass is 16.3. The minimum Gasteiger partial charge on any atom is -0.456 e. The van der Waals surface area contributed by atoms with Gasteiger partial charge in [0.25, 0.3) is 0 Å². The van der Waals surface area contributed by atoms with Crippen molar-refractivity contribution in [2.45, 2.75) is 0 Å². The lowest BCUT2D eigenvalue weighted by Gasteiger charge is -2.26. The molecule has 160 valence electrons. The van der Waals surface area contributed by atoms with E-state index in [4.69, 9.17) is 4.42 Å². The van der Waals surface area contributed by atoms with Crippen LogP contribution in [0.5, 0.6) is 0 Å². The molecule has 4 aromatic carbocycles. The van der Waals surface area contributed by atoms with Crippen LogP contribution in [-0.4, -0.2) is 0 Å². The predicted octanol–water partition coefficient (Wildman–Crippen LogP) is 8.72. The molecule has 0 radical (unpaired) electrons. The lowest BCUT2D eigenvalue weighted by Crippen LogP contribution is -2.10. The summed E-state index contributed by atoms with van der Waals surface area (Å²) in [7, 11) is 0. The van der Waals surface area contributed by atoms with Crippen LogP contribution in [-0.2, 0) is 0 Å². The van der Waals surface area contributed by atoms with E-state index in [1.807, 2.05) is 54.6 Å². The molecule has 0 spiro atoms. The van der Waals surface area contributed by atoms with Gasteiger partial charge in [-0.2, -0.15) is 0 Å². The van der Waals surface area contributed by atoms with Crippen molar-refractivity contribution in [1.29, 1.82) is 0 Å². The molecule has 5 aromatic rings. The molecule has 1 heterocycles. The molecule has 0 aliphatic carbocycles. The molecule has 0 amide bonds. The second-order valence-electron chi connectivity index (χ2n) is 7.75. The molecule has 0 unspecified atom stereocenters. The Balaban J connectivity index is 1.61. The van der Waals surface area contributed by atoms with Gasteiger partial charge >= 0.3 is 0 Å². The van der Waals surface area contributed by atoms with Crippen LogP contribution in [0.25, 0.3) is 21.9 Å². The fourth-order valence-electron chi connectivity index (χ4n) is 4.01. The number of hydrogen-bond donors (Lipinski definition) is 1. The van der Waals surface area contributed by atoms with E-state index in [-0.39, 0.29) is 0 Å². The monoisotopic (exact) mass is 428 g/mol. The number of fused-ring (bicyclic) bond motifs is 3. The number of allylic oxidation sites excluding steroid dienone is 3. The Labute approximate surface area is 193 Å². The number of nitrogens with one attached hydrogen (secondary N) is 1. The van der Waals surface area contributed by atoms with Gasteiger partial charge in [0.15, 0.2) is 0 Å². The Bertz CT molecular complexity index is 1480. The van der Waals surface area contributed by atoms with E-state index >= 15 is 0 Å². The number of hydrogen-bond acceptors (Lipinski definition) is 3. The summed E-state index contributed by atoms with van der Waals surface area (Å²) in [6, 6.07) is 33.2. The fraction of sp³-hybridized carbons (Fsp3) is 0. The zero-order valence-corrected chi connectivity index (χ0v) is 18.2. The third kappa shape index (κ3) is 4.17. The highest BCUT2D eigenvalue weighted by Crippen LogP contribution is 2.39. The number of anilines is 4. The minimum atomic E-state index is 0.796. The first kappa shape index (κ1) is 20.4. The number of furan rings is 1. The molecule has 0 aliphatic heterocycles. The van der Waals surface area contributed by atoms with E-state index in [9.17, 15) is 0 Å². The molecule has 0 saturated heterocycles. The molecule has 0 aliphatic rings. The third-order valence-corrected chi connectivity index (χ3v) is 5.48. The molecular formula is C30H24N2O. The maximum atomic E-state index is 6.04. The second-order valence-corrected chi connectivity index (χ2v) is 7.75. The van der Waals surface area contributed by atoms with Crippen LogP contribution >= 0.6 is 0 Å². The van der Waals surface area contributed by atoms with Crippen LogP contribution in [0.1, 0.15) is 0 Å². The number of rotatable bonds is 7. The van der Waals surface area contributed by atoms with Gasteiger partial charge in [0.05, 0.1) is 0 Å². The summed E-state index contributed by atoms with van der Waals surface area (Å²) in [6.07, 6.45) is 5.49. The van der Waals surface area contributed by atoms with Crippen LogP contribution in [0.4, 0.5) is 22.7 Å². The topological polar surface area (TPSA) is 28.4 Å². The fourth-order valence-corrected chi connectivity index (χ4v) is 4.01. The Morgan fingerprint density at radius 3 is 2.30 bits per heavy atom. The SMILES string of the molecule is C=C/C=C\C(=C)Nc1cccc(N(c2ccccc2)c2ccc3oc4ccccc4c3c2)c1. The van der Waals surface area contributed by atoms with Gasteiger partial charge in [0.1, 0.15) is 11.2 Å². The van der Waals surface area contributed by atoms with E-state index in [1.165, 1.54) is 0 Å². The van der Waals surface area contributed by atoms with E-state index in [2.05, 4.69) is 78.0 Å². The van der Waals surface area contributed by atoms with Crippen LogP contribution in [0, 0.1) is 0 Å². The average Bonchev–Trinajstić information content (AvgIpc) is 3.22. The smallest absolute Gasteiger partial charge is 0.135 e. The molecule has 33 heavy (non-hydrogen) atoms. The summed E-state index contributed by atoms with van der Waals surface area (Å²) >= 11 is 0. The van der Waals surface area contributed by atoms with Gasteiger partial charge in [-0.1, -0.05) is 67.8 Å². The highest BCUT2D eigenvalue weighted by molar-refractivity contribution is 6.06. The van der Waals surface area contributed by atoms with Crippen LogP contribution in [0.15, 0.2) is 139 Å². The predicted molar refractivity (Wildman–Crippen MR) is 141 cm³/mol. The van der Waals surface area contributed by atoms with Crippen molar-refractivity contribution < 1.29 is 4.42 Å². The van der Waals surface area contributed by atoms with Gasteiger partial charge in [-0.3, -0.25) is 0 Å². The second kappa shape index (κ2) is 8.93. The van der Waals surface area contributed by atoms with Gasteiger partial charge in [-0.05, 0) is 60.7 Å². The molecule has 0 atom stereocenters. The largest absolute Gasteiger partial charge is 0.456 e. The van der Waals surface area contributed by atoms with Crippen molar-refractivity contribution in [3.05, 3.63) is 134 Å². The maximum absolute atomic E-state index is 6.04. The minimum absolute atomic E-state index is 0.796. The van der Waals surface area contributed by atoms with Crippen LogP contribution in [0.2, 0.25) is 0 Å². The number of benzene rings is 4. The summed E-state index contributed by atoms with van der Waals surface area (Å²) in [5, 5.41) is 5.57. The molecule has 3 heteroatoms. The molecule has 1 aromatic heterocycles. The summed E-state index contributed by atoms with van der Waals surface area (Å²) in [4.78, 5) is 2.24. The van der Waals surface area contributed by atoms with Crippen LogP contribution in [0.3, 0.4) is 0 Å². The summed E-state index contributed by atoms with van der Waals surface area (Å²) in [6.45, 7) is 7.78. The zero-order chi connectivity index (χ0) is 22.6. The number of para-hydroxylation sites is 2. The van der Waals surface area contributed by atoms with E-state index in [1.54, 1.807) is 6.08 Å². The van der Waals surface area contributed by atoms with Gasteiger partial charge in [0.2, 0.25) is 0 Å². The van der Waals surface area contributed by atoms with Crippen molar-refractivity contribution in [1.82, 2.24) is 0 Å². The molecule has 5 rings (SSSR count). The van der Waals surface area contributed by atoms with Crippen molar-refractivity contribution in [2.75, 3.05) is 10.2 Å². The molecule has 1 N–H and O–H groups in total. The Morgan fingerprint density at radius 2 is 1.45 bits per heavy atom. The Hall–Kier alpha value is -4.50. The normalized spacial score (nSPS) is 11.2. The first-order chi connectivity index (χ1) is 16.2. The standard InChI is InChI=1S/C30H24N2O/c1-3-4-11-22(2)31-23-12-10-15-25(20-23)32(24-13-6-5-7-14-24)26-18-19-30-28(21-26)27-16-8-9-17-29(27)33-30/h3-21,31H,1-2H2/b11-4-. The summed E-state index contributed by atoms with van der Waals surface area (Å²) in [5.41, 5.74) is 6.71. The van der Waals surface area contributed by atoms with Gasteiger partial charge in [-0.15, -0.1) is 0 Å². The van der Waals surface area contributed by atoms with Gasteiger partial charge < -0.3 is 14.6 Å². The summed E-state index contributed by atoms with van der Waals surface area (Å²) < 4.78 is 6.04. The Kier molecular flexibility index (Phi) is 5.52.